The smallest absolute Gasteiger partial charge is 0.693 e. The van der Waals surface area contributed by atoms with Gasteiger partial charge in [-0.2, -0.15) is 0 Å². The second-order valence-electron chi connectivity index (χ2n) is 13.1. The summed E-state index contributed by atoms with van der Waals surface area (Å²) in [5, 5.41) is 0. The molecular weight excluding hydrogens is 480 g/mol. The van der Waals surface area contributed by atoms with Gasteiger partial charge in [-0.05, 0) is 75.7 Å². The third kappa shape index (κ3) is 8.60. The SMILES string of the molecule is CC1C(C)C(C)C(c2ccccc2)C1C.CC1C(C)C(C)C(c2ccccc2)C1C.[C-]#CC(C)(C)C.[Ti+3]. The van der Waals surface area contributed by atoms with Crippen molar-refractivity contribution in [2.45, 2.75) is 88.0 Å². The molecule has 2 aliphatic carbocycles. The second kappa shape index (κ2) is 14.8. The normalized spacial score (nSPS) is 34.6. The van der Waals surface area contributed by atoms with E-state index in [-0.39, 0.29) is 27.1 Å². The van der Waals surface area contributed by atoms with Crippen LogP contribution in [0.2, 0.25) is 0 Å². The quantitative estimate of drug-likeness (QED) is 0.205. The molecular formula is C36H53Ti+2. The van der Waals surface area contributed by atoms with Crippen molar-refractivity contribution in [3.63, 3.8) is 0 Å². The Bertz CT molecular complexity index is 839. The molecule has 2 aliphatic rings. The Kier molecular flexibility index (Phi) is 13.5. The van der Waals surface area contributed by atoms with E-state index in [4.69, 9.17) is 6.42 Å². The molecule has 4 rings (SSSR count). The first kappa shape index (κ1) is 33.7. The minimum absolute atomic E-state index is 0. The van der Waals surface area contributed by atoms with E-state index in [1.54, 1.807) is 0 Å². The molecule has 0 spiro atoms. The van der Waals surface area contributed by atoms with Crippen LogP contribution in [0.25, 0.3) is 0 Å². The third-order valence-corrected chi connectivity index (χ3v) is 9.99. The zero-order valence-electron chi connectivity index (χ0n) is 25.5. The molecule has 2 aromatic rings. The largest absolute Gasteiger partial charge is 3.00 e. The molecule has 0 nitrogen and oxygen atoms in total. The molecule has 0 amide bonds. The number of rotatable bonds is 2. The molecule has 2 saturated carbocycles. The standard InChI is InChI=1S/2C15H22.C6H9.Ti/c2*1-10-11(2)13(4)15(12(10)3)14-8-6-5-7-9-14;1-5-6(2,3)4;/h2*5-13,15H,1-4H3;2-4H3;/q;;-1;+3. The van der Waals surface area contributed by atoms with Gasteiger partial charge >= 0.3 is 21.7 Å². The molecule has 0 bridgehead atoms. The van der Waals surface area contributed by atoms with Gasteiger partial charge in [0.1, 0.15) is 0 Å². The zero-order valence-corrected chi connectivity index (χ0v) is 27.1. The average Bonchev–Trinajstić information content (AvgIpc) is 3.18. The van der Waals surface area contributed by atoms with E-state index in [1.807, 2.05) is 20.8 Å². The van der Waals surface area contributed by atoms with Crippen molar-refractivity contribution in [1.82, 2.24) is 0 Å². The number of hydrogen-bond donors (Lipinski definition) is 0. The molecule has 37 heavy (non-hydrogen) atoms. The number of benzene rings is 2. The van der Waals surface area contributed by atoms with Gasteiger partial charge in [-0.3, -0.25) is 0 Å². The Hall–Kier alpha value is -1.29. The van der Waals surface area contributed by atoms with Crippen molar-refractivity contribution in [3.05, 3.63) is 78.2 Å². The van der Waals surface area contributed by atoms with Crippen LogP contribution in [0.5, 0.6) is 0 Å². The maximum absolute atomic E-state index is 6.60. The summed E-state index contributed by atoms with van der Waals surface area (Å²) in [6, 6.07) is 22.1. The zero-order chi connectivity index (χ0) is 27.2. The third-order valence-electron chi connectivity index (χ3n) is 9.99. The Balaban J connectivity index is 0.000000299. The molecule has 0 aromatic heterocycles. The Morgan fingerprint density at radius 1 is 0.486 bits per heavy atom. The average molecular weight is 534 g/mol. The minimum Gasteiger partial charge on any atom is -0.693 e. The summed E-state index contributed by atoms with van der Waals surface area (Å²) in [5.41, 5.74) is 3.03. The van der Waals surface area contributed by atoms with Crippen molar-refractivity contribution in [2.24, 2.45) is 52.8 Å². The van der Waals surface area contributed by atoms with Crippen molar-refractivity contribution >= 4 is 0 Å². The second-order valence-corrected chi connectivity index (χ2v) is 13.1. The Labute approximate surface area is 245 Å². The fourth-order valence-electron chi connectivity index (χ4n) is 6.75. The molecule has 2 aromatic carbocycles. The topological polar surface area (TPSA) is 0 Å². The molecule has 0 saturated heterocycles. The van der Waals surface area contributed by atoms with Gasteiger partial charge in [0.2, 0.25) is 0 Å². The summed E-state index contributed by atoms with van der Waals surface area (Å²) >= 11 is 0. The van der Waals surface area contributed by atoms with Crippen LogP contribution in [0, 0.1) is 65.1 Å². The van der Waals surface area contributed by atoms with Gasteiger partial charge in [0.05, 0.1) is 0 Å². The summed E-state index contributed by atoms with van der Waals surface area (Å²) in [4.78, 5) is 0. The van der Waals surface area contributed by atoms with Crippen LogP contribution in [0.1, 0.15) is 99.1 Å². The summed E-state index contributed by atoms with van der Waals surface area (Å²) in [6.07, 6.45) is 6.60. The van der Waals surface area contributed by atoms with E-state index in [0.29, 0.717) is 0 Å². The molecule has 1 heteroatoms. The maximum atomic E-state index is 6.60. The summed E-state index contributed by atoms with van der Waals surface area (Å²) in [7, 11) is 0. The molecule has 0 aliphatic heterocycles. The van der Waals surface area contributed by atoms with Gasteiger partial charge in [0, 0.05) is 0 Å². The molecule has 0 N–H and O–H groups in total. The van der Waals surface area contributed by atoms with Crippen molar-refractivity contribution < 1.29 is 21.7 Å². The van der Waals surface area contributed by atoms with Crippen molar-refractivity contribution in [3.8, 4) is 5.92 Å². The van der Waals surface area contributed by atoms with E-state index < -0.39 is 0 Å². The van der Waals surface area contributed by atoms with Crippen molar-refractivity contribution in [2.75, 3.05) is 0 Å². The van der Waals surface area contributed by atoms with E-state index >= 15 is 0 Å². The maximum Gasteiger partial charge on any atom is 3.00 e. The predicted molar refractivity (Wildman–Crippen MR) is 158 cm³/mol. The first-order valence-electron chi connectivity index (χ1n) is 14.4. The molecule has 8 unspecified atom stereocenters. The van der Waals surface area contributed by atoms with Crippen LogP contribution in [-0.4, -0.2) is 0 Å². The minimum atomic E-state index is -0.0417. The first-order chi connectivity index (χ1) is 16.8. The van der Waals surface area contributed by atoms with Gasteiger partial charge in [-0.1, -0.05) is 137 Å². The molecule has 8 atom stereocenters. The predicted octanol–water partition coefficient (Wildman–Crippen LogP) is 10.3. The summed E-state index contributed by atoms with van der Waals surface area (Å²) < 4.78 is 0. The van der Waals surface area contributed by atoms with Crippen molar-refractivity contribution in [1.29, 1.82) is 0 Å². The van der Waals surface area contributed by atoms with E-state index in [0.717, 1.165) is 59.2 Å². The van der Waals surface area contributed by atoms with Crippen LogP contribution in [-0.2, 0) is 21.7 Å². The summed E-state index contributed by atoms with van der Waals surface area (Å²) in [6.45, 7) is 25.2. The molecule has 2 fully saturated rings. The molecule has 0 heterocycles. The Morgan fingerprint density at radius 3 is 0.892 bits per heavy atom. The van der Waals surface area contributed by atoms with E-state index in [1.165, 1.54) is 11.1 Å². The van der Waals surface area contributed by atoms with E-state index in [9.17, 15) is 0 Å². The van der Waals surface area contributed by atoms with Crippen LogP contribution in [0.3, 0.4) is 0 Å². The van der Waals surface area contributed by atoms with Gasteiger partial charge in [0.25, 0.3) is 0 Å². The first-order valence-corrected chi connectivity index (χ1v) is 14.4. The number of hydrogen-bond acceptors (Lipinski definition) is 0. The fourth-order valence-corrected chi connectivity index (χ4v) is 6.75. The van der Waals surface area contributed by atoms with Crippen LogP contribution >= 0.6 is 0 Å². The van der Waals surface area contributed by atoms with Crippen LogP contribution < -0.4 is 0 Å². The monoisotopic (exact) mass is 533 g/mol. The van der Waals surface area contributed by atoms with Gasteiger partial charge in [-0.15, -0.1) is 0 Å². The summed E-state index contributed by atoms with van der Waals surface area (Å²) in [5.74, 6) is 10.6. The molecule has 1 radical (unpaired) electrons. The van der Waals surface area contributed by atoms with E-state index in [2.05, 4.69) is 122 Å². The van der Waals surface area contributed by atoms with Gasteiger partial charge < -0.3 is 12.3 Å². The molecule has 199 valence electrons. The van der Waals surface area contributed by atoms with Gasteiger partial charge in [-0.25, -0.2) is 0 Å². The van der Waals surface area contributed by atoms with Crippen LogP contribution in [0.4, 0.5) is 0 Å². The fraction of sp³-hybridized carbons (Fsp3) is 0.611. The van der Waals surface area contributed by atoms with Gasteiger partial charge in [0.15, 0.2) is 0 Å². The van der Waals surface area contributed by atoms with Crippen LogP contribution in [0.15, 0.2) is 60.7 Å². The Morgan fingerprint density at radius 2 is 0.703 bits per heavy atom.